The molecule has 0 atom stereocenters. The van der Waals surface area contributed by atoms with Crippen molar-refractivity contribution in [1.29, 1.82) is 5.26 Å². The Bertz CT molecular complexity index is 772. The summed E-state index contributed by atoms with van der Waals surface area (Å²) < 4.78 is 37.7. The molecule has 0 heterocycles. The smallest absolute Gasteiger partial charge is 0.416 e. The molecule has 0 saturated heterocycles. The van der Waals surface area contributed by atoms with Gasteiger partial charge in [-0.2, -0.15) is 18.4 Å². The van der Waals surface area contributed by atoms with E-state index in [2.05, 4.69) is 0 Å². The molecule has 0 aliphatic carbocycles. The molecule has 1 N–H and O–H groups in total. The van der Waals surface area contributed by atoms with Crippen LogP contribution in [0.3, 0.4) is 0 Å². The molecular weight excluding hydrogens is 295 g/mol. The maximum Gasteiger partial charge on any atom is 0.416 e. The van der Waals surface area contributed by atoms with Crippen LogP contribution in [-0.2, 0) is 6.18 Å². The molecule has 0 aromatic heterocycles. The molecule has 0 radical (unpaired) electrons. The number of halogens is 3. The Kier molecular flexibility index (Phi) is 3.91. The van der Waals surface area contributed by atoms with E-state index in [1.807, 2.05) is 6.07 Å². The number of nitriles is 1. The van der Waals surface area contributed by atoms with Gasteiger partial charge in [-0.15, -0.1) is 0 Å². The third-order valence-electron chi connectivity index (χ3n) is 3.24. The monoisotopic (exact) mass is 305 g/mol. The highest BCUT2D eigenvalue weighted by atomic mass is 19.4. The molecule has 0 amide bonds. The van der Waals surface area contributed by atoms with Crippen molar-refractivity contribution < 1.29 is 23.1 Å². The summed E-state index contributed by atoms with van der Waals surface area (Å²) in [5.41, 5.74) is 0.563. The number of aromatic carboxylic acids is 1. The summed E-state index contributed by atoms with van der Waals surface area (Å²) in [6, 6.07) is 8.97. The van der Waals surface area contributed by atoms with E-state index in [9.17, 15) is 18.0 Å². The first-order valence-corrected chi connectivity index (χ1v) is 6.19. The molecule has 0 aliphatic heterocycles. The summed E-state index contributed by atoms with van der Waals surface area (Å²) >= 11 is 0. The van der Waals surface area contributed by atoms with Crippen LogP contribution in [0.4, 0.5) is 13.2 Å². The first-order valence-electron chi connectivity index (χ1n) is 6.19. The molecule has 2 aromatic rings. The first-order chi connectivity index (χ1) is 10.2. The van der Waals surface area contributed by atoms with Gasteiger partial charge >= 0.3 is 12.1 Å². The maximum absolute atomic E-state index is 12.6. The Morgan fingerprint density at radius 1 is 1.18 bits per heavy atom. The summed E-state index contributed by atoms with van der Waals surface area (Å²) in [6.07, 6.45) is -4.43. The molecule has 112 valence electrons. The zero-order valence-electron chi connectivity index (χ0n) is 11.4. The van der Waals surface area contributed by atoms with E-state index in [4.69, 9.17) is 10.4 Å². The number of rotatable bonds is 2. The standard InChI is InChI=1S/C16H10F3NO2/c1-9-6-14(11(8-20)7-13(9)15(21)22)10-2-4-12(5-3-10)16(17,18)19/h2-7H,1H3,(H,21,22). The minimum Gasteiger partial charge on any atom is -0.478 e. The Labute approximate surface area is 124 Å². The van der Waals surface area contributed by atoms with Crippen LogP contribution >= 0.6 is 0 Å². The van der Waals surface area contributed by atoms with Crippen LogP contribution in [0.1, 0.15) is 27.0 Å². The number of carboxylic acids is 1. The van der Waals surface area contributed by atoms with E-state index in [0.29, 0.717) is 16.7 Å². The van der Waals surface area contributed by atoms with Crippen molar-refractivity contribution in [2.45, 2.75) is 13.1 Å². The van der Waals surface area contributed by atoms with E-state index in [0.717, 1.165) is 12.1 Å². The van der Waals surface area contributed by atoms with Crippen molar-refractivity contribution >= 4 is 5.97 Å². The normalized spacial score (nSPS) is 11.0. The Balaban J connectivity index is 2.56. The van der Waals surface area contributed by atoms with Gasteiger partial charge in [-0.1, -0.05) is 12.1 Å². The molecule has 3 nitrogen and oxygen atoms in total. The van der Waals surface area contributed by atoms with Gasteiger partial charge in [0.1, 0.15) is 0 Å². The number of alkyl halides is 3. The fourth-order valence-electron chi connectivity index (χ4n) is 2.11. The molecular formula is C16H10F3NO2. The lowest BCUT2D eigenvalue weighted by atomic mass is 9.94. The molecule has 2 aromatic carbocycles. The minimum absolute atomic E-state index is 0.00721. The summed E-state index contributed by atoms with van der Waals surface area (Å²) in [7, 11) is 0. The predicted octanol–water partition coefficient (Wildman–Crippen LogP) is 4.25. The average molecular weight is 305 g/mol. The minimum atomic E-state index is -4.43. The lowest BCUT2D eigenvalue weighted by molar-refractivity contribution is -0.137. The molecule has 0 saturated carbocycles. The van der Waals surface area contributed by atoms with Crippen LogP contribution in [-0.4, -0.2) is 11.1 Å². The molecule has 0 spiro atoms. The SMILES string of the molecule is Cc1cc(-c2ccc(C(F)(F)F)cc2)c(C#N)cc1C(=O)O. The highest BCUT2D eigenvalue weighted by molar-refractivity contribution is 5.91. The summed E-state index contributed by atoms with van der Waals surface area (Å²) in [5, 5.41) is 18.2. The van der Waals surface area contributed by atoms with Crippen LogP contribution in [0.5, 0.6) is 0 Å². The van der Waals surface area contributed by atoms with E-state index < -0.39 is 17.7 Å². The molecule has 0 aliphatic rings. The van der Waals surface area contributed by atoms with Crippen molar-refractivity contribution in [3.63, 3.8) is 0 Å². The van der Waals surface area contributed by atoms with Gasteiger partial charge in [-0.05, 0) is 47.9 Å². The number of hydrogen-bond acceptors (Lipinski definition) is 2. The number of carboxylic acid groups (broad SMARTS) is 1. The number of aryl methyl sites for hydroxylation is 1. The third kappa shape index (κ3) is 2.93. The number of carbonyl (C=O) groups is 1. The fourth-order valence-corrected chi connectivity index (χ4v) is 2.11. The second kappa shape index (κ2) is 5.53. The van der Waals surface area contributed by atoms with Crippen molar-refractivity contribution in [2.24, 2.45) is 0 Å². The van der Waals surface area contributed by atoms with Gasteiger partial charge in [0.05, 0.1) is 22.8 Å². The highest BCUT2D eigenvalue weighted by Gasteiger charge is 2.30. The molecule has 2 rings (SSSR count). The third-order valence-corrected chi connectivity index (χ3v) is 3.24. The molecule has 6 heteroatoms. The lowest BCUT2D eigenvalue weighted by Gasteiger charge is -2.11. The van der Waals surface area contributed by atoms with Crippen molar-refractivity contribution in [2.75, 3.05) is 0 Å². The van der Waals surface area contributed by atoms with Crippen LogP contribution in [0, 0.1) is 18.3 Å². The summed E-state index contributed by atoms with van der Waals surface area (Å²) in [5.74, 6) is -1.16. The number of benzene rings is 2. The zero-order valence-corrected chi connectivity index (χ0v) is 11.4. The van der Waals surface area contributed by atoms with E-state index in [-0.39, 0.29) is 11.1 Å². The summed E-state index contributed by atoms with van der Waals surface area (Å²) in [6.45, 7) is 1.57. The Morgan fingerprint density at radius 3 is 2.23 bits per heavy atom. The Morgan fingerprint density at radius 2 is 1.77 bits per heavy atom. The van der Waals surface area contributed by atoms with Gasteiger partial charge in [0.25, 0.3) is 0 Å². The van der Waals surface area contributed by atoms with Gasteiger partial charge in [0, 0.05) is 0 Å². The summed E-state index contributed by atoms with van der Waals surface area (Å²) in [4.78, 5) is 11.1. The second-order valence-electron chi connectivity index (χ2n) is 4.70. The van der Waals surface area contributed by atoms with Crippen molar-refractivity contribution in [3.8, 4) is 17.2 Å². The van der Waals surface area contributed by atoms with Gasteiger partial charge in [0.15, 0.2) is 0 Å². The number of hydrogen-bond donors (Lipinski definition) is 1. The van der Waals surface area contributed by atoms with Gasteiger partial charge in [-0.25, -0.2) is 4.79 Å². The lowest BCUT2D eigenvalue weighted by Crippen LogP contribution is -2.04. The van der Waals surface area contributed by atoms with Gasteiger partial charge < -0.3 is 5.11 Å². The largest absolute Gasteiger partial charge is 0.478 e. The highest BCUT2D eigenvalue weighted by Crippen LogP contribution is 2.32. The fraction of sp³-hybridized carbons (Fsp3) is 0.125. The topological polar surface area (TPSA) is 61.1 Å². The maximum atomic E-state index is 12.6. The second-order valence-corrected chi connectivity index (χ2v) is 4.70. The van der Waals surface area contributed by atoms with Crippen LogP contribution < -0.4 is 0 Å². The van der Waals surface area contributed by atoms with Crippen molar-refractivity contribution in [1.82, 2.24) is 0 Å². The number of nitrogens with zero attached hydrogens (tertiary/aromatic N) is 1. The molecule has 0 bridgehead atoms. The van der Waals surface area contributed by atoms with E-state index >= 15 is 0 Å². The first kappa shape index (κ1) is 15.6. The van der Waals surface area contributed by atoms with E-state index in [1.165, 1.54) is 24.3 Å². The van der Waals surface area contributed by atoms with Crippen molar-refractivity contribution in [3.05, 3.63) is 58.7 Å². The zero-order chi connectivity index (χ0) is 16.5. The van der Waals surface area contributed by atoms with Crippen LogP contribution in [0.15, 0.2) is 36.4 Å². The Hall–Kier alpha value is -2.81. The van der Waals surface area contributed by atoms with Gasteiger partial charge in [0.2, 0.25) is 0 Å². The van der Waals surface area contributed by atoms with Crippen LogP contribution in [0.2, 0.25) is 0 Å². The van der Waals surface area contributed by atoms with Crippen LogP contribution in [0.25, 0.3) is 11.1 Å². The average Bonchev–Trinajstić information content (AvgIpc) is 2.46. The predicted molar refractivity (Wildman–Crippen MR) is 73.3 cm³/mol. The quantitative estimate of drug-likeness (QED) is 0.902. The molecule has 0 unspecified atom stereocenters. The van der Waals surface area contributed by atoms with Gasteiger partial charge in [-0.3, -0.25) is 0 Å². The molecule has 22 heavy (non-hydrogen) atoms. The molecule has 0 fully saturated rings. The van der Waals surface area contributed by atoms with E-state index in [1.54, 1.807) is 6.92 Å².